The molecule has 0 unspecified atom stereocenters. The van der Waals surface area contributed by atoms with Crippen LogP contribution in [0.25, 0.3) is 0 Å². The molecule has 0 radical (unpaired) electrons. The van der Waals surface area contributed by atoms with E-state index < -0.39 is 0 Å². The molecule has 0 aromatic heterocycles. The van der Waals surface area contributed by atoms with Crippen molar-refractivity contribution in [1.82, 2.24) is 9.80 Å². The smallest absolute Gasteiger partial charge is 0.321 e. The van der Waals surface area contributed by atoms with Crippen LogP contribution in [-0.4, -0.2) is 41.7 Å². The van der Waals surface area contributed by atoms with Crippen LogP contribution in [0.4, 0.5) is 10.5 Å². The second-order valence-electron chi connectivity index (χ2n) is 5.96. The molecule has 1 N–H and O–H groups in total. The lowest BCUT2D eigenvalue weighted by molar-refractivity contribution is 0.0693. The van der Waals surface area contributed by atoms with Gasteiger partial charge in [-0.05, 0) is 35.9 Å². The van der Waals surface area contributed by atoms with E-state index in [2.05, 4.69) is 5.32 Å². The number of hydrogen-bond donors (Lipinski definition) is 1. The largest absolute Gasteiger partial charge is 0.323 e. The number of rotatable bonds is 3. The van der Waals surface area contributed by atoms with Crippen LogP contribution in [0.15, 0.2) is 36.4 Å². The molecule has 0 aliphatic carbocycles. The van der Waals surface area contributed by atoms with Crippen LogP contribution in [0.2, 0.25) is 10.0 Å². The van der Waals surface area contributed by atoms with Crippen molar-refractivity contribution in [3.63, 3.8) is 0 Å². The number of hydrogen-bond acceptors (Lipinski definition) is 3. The highest BCUT2D eigenvalue weighted by Crippen LogP contribution is 2.25. The van der Waals surface area contributed by atoms with Gasteiger partial charge in [-0.1, -0.05) is 29.3 Å². The molecule has 0 fully saturated rings. The van der Waals surface area contributed by atoms with Gasteiger partial charge >= 0.3 is 6.03 Å². The summed E-state index contributed by atoms with van der Waals surface area (Å²) in [5.41, 5.74) is 1.88. The molecular weight excluding hydrogens is 377 g/mol. The Morgan fingerprint density at radius 3 is 2.42 bits per heavy atom. The summed E-state index contributed by atoms with van der Waals surface area (Å²) in [6.07, 6.45) is 0. The standard InChI is InChI=1S/C18H15Cl2N3O3/c1-22(9-10-3-6-14(19)15(20)7-10)18(26)21-11-4-5-12-13(8-11)17(25)23(2)16(12)24/h3-8H,9H2,1-2H3,(H,21,26). The van der Waals surface area contributed by atoms with Gasteiger partial charge in [0.1, 0.15) is 0 Å². The van der Waals surface area contributed by atoms with Gasteiger partial charge in [0.25, 0.3) is 11.8 Å². The van der Waals surface area contributed by atoms with Crippen molar-refractivity contribution in [3.05, 3.63) is 63.1 Å². The molecule has 134 valence electrons. The van der Waals surface area contributed by atoms with Crippen molar-refractivity contribution in [3.8, 4) is 0 Å². The Balaban J connectivity index is 1.71. The van der Waals surface area contributed by atoms with Crippen molar-refractivity contribution in [2.75, 3.05) is 19.4 Å². The van der Waals surface area contributed by atoms with E-state index >= 15 is 0 Å². The van der Waals surface area contributed by atoms with Crippen LogP contribution >= 0.6 is 23.2 Å². The minimum absolute atomic E-state index is 0.280. The number of anilines is 1. The van der Waals surface area contributed by atoms with Crippen molar-refractivity contribution in [2.24, 2.45) is 0 Å². The summed E-state index contributed by atoms with van der Waals surface area (Å²) in [4.78, 5) is 38.8. The Bertz CT molecular complexity index is 930. The summed E-state index contributed by atoms with van der Waals surface area (Å²) in [5, 5.41) is 3.58. The minimum Gasteiger partial charge on any atom is -0.323 e. The molecule has 0 saturated heterocycles. The van der Waals surface area contributed by atoms with Crippen molar-refractivity contribution < 1.29 is 14.4 Å². The zero-order valence-corrected chi connectivity index (χ0v) is 15.6. The number of nitrogens with one attached hydrogen (secondary N) is 1. The monoisotopic (exact) mass is 391 g/mol. The number of carbonyl (C=O) groups is 3. The summed E-state index contributed by atoms with van der Waals surface area (Å²) < 4.78 is 0. The number of imide groups is 1. The van der Waals surface area contributed by atoms with Crippen molar-refractivity contribution in [1.29, 1.82) is 0 Å². The average Bonchev–Trinajstić information content (AvgIpc) is 2.82. The molecule has 1 heterocycles. The highest BCUT2D eigenvalue weighted by Gasteiger charge is 2.32. The van der Waals surface area contributed by atoms with Gasteiger partial charge in [0.15, 0.2) is 0 Å². The Morgan fingerprint density at radius 1 is 1.04 bits per heavy atom. The van der Waals surface area contributed by atoms with E-state index in [4.69, 9.17) is 23.2 Å². The predicted octanol–water partition coefficient (Wildman–Crippen LogP) is 3.88. The van der Waals surface area contributed by atoms with Crippen LogP contribution in [0.1, 0.15) is 26.3 Å². The van der Waals surface area contributed by atoms with Gasteiger partial charge in [-0.15, -0.1) is 0 Å². The number of nitrogens with zero attached hydrogens (tertiary/aromatic N) is 2. The van der Waals surface area contributed by atoms with Gasteiger partial charge in [-0.2, -0.15) is 0 Å². The maximum atomic E-state index is 12.4. The first-order chi connectivity index (χ1) is 12.3. The molecule has 26 heavy (non-hydrogen) atoms. The second kappa shape index (κ2) is 6.97. The maximum Gasteiger partial charge on any atom is 0.321 e. The topological polar surface area (TPSA) is 69.7 Å². The zero-order chi connectivity index (χ0) is 19.0. The molecular formula is C18H15Cl2N3O3. The second-order valence-corrected chi connectivity index (χ2v) is 6.78. The molecule has 1 aliphatic heterocycles. The number of halogens is 2. The summed E-state index contributed by atoms with van der Waals surface area (Å²) in [5.74, 6) is -0.732. The van der Waals surface area contributed by atoms with Crippen LogP contribution < -0.4 is 5.32 Å². The molecule has 6 nitrogen and oxygen atoms in total. The Morgan fingerprint density at radius 2 is 1.73 bits per heavy atom. The van der Waals surface area contributed by atoms with Gasteiger partial charge < -0.3 is 10.2 Å². The first-order valence-corrected chi connectivity index (χ1v) is 8.46. The summed E-state index contributed by atoms with van der Waals surface area (Å²) in [6.45, 7) is 0.327. The fourth-order valence-corrected chi connectivity index (χ4v) is 2.96. The van der Waals surface area contributed by atoms with Gasteiger partial charge in [0.2, 0.25) is 0 Å². The molecule has 0 saturated carbocycles. The number of fused-ring (bicyclic) bond motifs is 1. The van der Waals surface area contributed by atoms with E-state index in [1.54, 1.807) is 31.3 Å². The van der Waals surface area contributed by atoms with Crippen LogP contribution in [0.5, 0.6) is 0 Å². The van der Waals surface area contributed by atoms with E-state index in [9.17, 15) is 14.4 Å². The molecule has 4 amide bonds. The van der Waals surface area contributed by atoms with Crippen molar-refractivity contribution in [2.45, 2.75) is 6.54 Å². The van der Waals surface area contributed by atoms with Gasteiger partial charge in [0, 0.05) is 26.3 Å². The SMILES string of the molecule is CN(Cc1ccc(Cl)c(Cl)c1)C(=O)Nc1ccc2c(c1)C(=O)N(C)C2=O. The van der Waals surface area contributed by atoms with Crippen molar-refractivity contribution >= 4 is 46.7 Å². The molecule has 0 bridgehead atoms. The minimum atomic E-state index is -0.384. The zero-order valence-electron chi connectivity index (χ0n) is 14.0. The quantitative estimate of drug-likeness (QED) is 0.806. The third-order valence-corrected chi connectivity index (χ3v) is 4.83. The normalized spacial score (nSPS) is 13.0. The van der Waals surface area contributed by atoms with E-state index in [1.807, 2.05) is 0 Å². The highest BCUT2D eigenvalue weighted by atomic mass is 35.5. The summed E-state index contributed by atoms with van der Waals surface area (Å²) >= 11 is 11.9. The third-order valence-electron chi connectivity index (χ3n) is 4.09. The molecule has 2 aromatic carbocycles. The molecule has 0 spiro atoms. The average molecular weight is 392 g/mol. The van der Waals surface area contributed by atoms with E-state index in [0.717, 1.165) is 10.5 Å². The lowest BCUT2D eigenvalue weighted by Crippen LogP contribution is -2.30. The van der Waals surface area contributed by atoms with E-state index in [1.165, 1.54) is 24.1 Å². The maximum absolute atomic E-state index is 12.4. The van der Waals surface area contributed by atoms with Crippen LogP contribution in [-0.2, 0) is 6.54 Å². The lowest BCUT2D eigenvalue weighted by atomic mass is 10.1. The predicted molar refractivity (Wildman–Crippen MR) is 99.8 cm³/mol. The molecule has 0 atom stereocenters. The summed E-state index contributed by atoms with van der Waals surface area (Å²) in [7, 11) is 3.06. The molecule has 2 aromatic rings. The van der Waals surface area contributed by atoms with E-state index in [-0.39, 0.29) is 23.4 Å². The van der Waals surface area contributed by atoms with Crippen LogP contribution in [0.3, 0.4) is 0 Å². The lowest BCUT2D eigenvalue weighted by Gasteiger charge is -2.18. The fraction of sp³-hybridized carbons (Fsp3) is 0.167. The Hall–Kier alpha value is -2.57. The van der Waals surface area contributed by atoms with Gasteiger partial charge in [0.05, 0.1) is 21.2 Å². The Kier molecular flexibility index (Phi) is 4.89. The number of urea groups is 1. The molecule has 8 heteroatoms. The first-order valence-electron chi connectivity index (χ1n) is 7.70. The van der Waals surface area contributed by atoms with Crippen LogP contribution in [0, 0.1) is 0 Å². The number of amides is 4. The van der Waals surface area contributed by atoms with Gasteiger partial charge in [-0.3, -0.25) is 14.5 Å². The van der Waals surface area contributed by atoms with Gasteiger partial charge in [-0.25, -0.2) is 4.79 Å². The number of carbonyl (C=O) groups excluding carboxylic acids is 3. The van der Waals surface area contributed by atoms with E-state index in [0.29, 0.717) is 27.8 Å². The number of benzene rings is 2. The third kappa shape index (κ3) is 3.38. The first kappa shape index (κ1) is 18.2. The Labute approximate surface area is 160 Å². The highest BCUT2D eigenvalue weighted by molar-refractivity contribution is 6.42. The fourth-order valence-electron chi connectivity index (χ4n) is 2.64. The molecule has 1 aliphatic rings. The summed E-state index contributed by atoms with van der Waals surface area (Å²) in [6, 6.07) is 9.42. The molecule has 3 rings (SSSR count).